The van der Waals surface area contributed by atoms with E-state index in [1.807, 2.05) is 0 Å². The summed E-state index contributed by atoms with van der Waals surface area (Å²) >= 11 is 1.37. The topological polar surface area (TPSA) is 54.9 Å². The molecule has 0 spiro atoms. The molecule has 4 nitrogen and oxygen atoms in total. The second-order valence-electron chi connectivity index (χ2n) is 4.44. The second kappa shape index (κ2) is 10.8. The van der Waals surface area contributed by atoms with Crippen LogP contribution in [0.3, 0.4) is 0 Å². The van der Waals surface area contributed by atoms with Gasteiger partial charge in [-0.3, -0.25) is 4.79 Å². The first-order valence-corrected chi connectivity index (χ1v) is 7.98. The first-order chi connectivity index (χ1) is 9.33. The van der Waals surface area contributed by atoms with E-state index in [0.29, 0.717) is 10.9 Å². The maximum absolute atomic E-state index is 11.6. The quantitative estimate of drug-likeness (QED) is 0.407. The van der Waals surface area contributed by atoms with Crippen LogP contribution in [0.1, 0.15) is 45.4 Å². The molecule has 0 fully saturated rings. The molecule has 0 aliphatic rings. The molecule has 1 rings (SSSR count). The number of unbranched alkanes of at least 4 members (excludes halogenated alkanes) is 5. The Balaban J connectivity index is 1.96. The van der Waals surface area contributed by atoms with E-state index >= 15 is 0 Å². The third kappa shape index (κ3) is 8.59. The van der Waals surface area contributed by atoms with E-state index in [0.717, 1.165) is 13.0 Å². The van der Waals surface area contributed by atoms with Crippen molar-refractivity contribution in [2.24, 2.45) is 0 Å². The summed E-state index contributed by atoms with van der Waals surface area (Å²) in [5.74, 6) is 0.450. The van der Waals surface area contributed by atoms with Crippen molar-refractivity contribution in [3.8, 4) is 0 Å². The predicted molar refractivity (Wildman–Crippen MR) is 79.1 cm³/mol. The molecule has 0 aliphatic heterocycles. The van der Waals surface area contributed by atoms with Gasteiger partial charge in [-0.1, -0.05) is 50.8 Å². The SMILES string of the molecule is CCCCCCCCNC(=O)CSc1ncccn1. The molecule has 1 heterocycles. The predicted octanol–water partition coefficient (Wildman–Crippen LogP) is 3.05. The van der Waals surface area contributed by atoms with Crippen molar-refractivity contribution < 1.29 is 4.79 Å². The average molecular weight is 281 g/mol. The van der Waals surface area contributed by atoms with Crippen LogP contribution < -0.4 is 5.32 Å². The van der Waals surface area contributed by atoms with Gasteiger partial charge in [0, 0.05) is 18.9 Å². The largest absolute Gasteiger partial charge is 0.355 e. The number of aromatic nitrogens is 2. The summed E-state index contributed by atoms with van der Waals surface area (Å²) < 4.78 is 0. The van der Waals surface area contributed by atoms with Crippen molar-refractivity contribution in [2.45, 2.75) is 50.6 Å². The molecule has 1 aromatic rings. The Bertz CT molecular complexity index is 346. The van der Waals surface area contributed by atoms with Crippen LogP contribution in [0.5, 0.6) is 0 Å². The number of thioether (sulfide) groups is 1. The Morgan fingerprint density at radius 1 is 1.16 bits per heavy atom. The lowest BCUT2D eigenvalue weighted by Gasteiger charge is -2.04. The molecular weight excluding hydrogens is 258 g/mol. The molecular formula is C14H23N3OS. The van der Waals surface area contributed by atoms with Crippen LogP contribution in [0.15, 0.2) is 23.6 Å². The van der Waals surface area contributed by atoms with E-state index in [4.69, 9.17) is 0 Å². The summed E-state index contributed by atoms with van der Waals surface area (Å²) in [6, 6.07) is 1.77. The highest BCUT2D eigenvalue weighted by molar-refractivity contribution is 7.99. The van der Waals surface area contributed by atoms with Gasteiger partial charge in [0.1, 0.15) is 0 Å². The summed E-state index contributed by atoms with van der Waals surface area (Å²) in [7, 11) is 0. The van der Waals surface area contributed by atoms with E-state index in [2.05, 4.69) is 22.2 Å². The Labute approximate surface area is 119 Å². The lowest BCUT2D eigenvalue weighted by Crippen LogP contribution is -2.26. The summed E-state index contributed by atoms with van der Waals surface area (Å²) in [4.78, 5) is 19.7. The molecule has 0 aliphatic carbocycles. The van der Waals surface area contributed by atoms with Crippen molar-refractivity contribution in [1.29, 1.82) is 0 Å². The number of amides is 1. The van der Waals surface area contributed by atoms with Crippen molar-refractivity contribution >= 4 is 17.7 Å². The number of rotatable bonds is 10. The van der Waals surface area contributed by atoms with Gasteiger partial charge in [-0.25, -0.2) is 9.97 Å². The lowest BCUT2D eigenvalue weighted by atomic mass is 10.1. The third-order valence-corrected chi connectivity index (χ3v) is 3.60. The van der Waals surface area contributed by atoms with Crippen molar-refractivity contribution in [1.82, 2.24) is 15.3 Å². The van der Waals surface area contributed by atoms with Gasteiger partial charge in [0.05, 0.1) is 5.75 Å². The van der Waals surface area contributed by atoms with Crippen LogP contribution in [-0.4, -0.2) is 28.2 Å². The molecule has 5 heteroatoms. The molecule has 106 valence electrons. The van der Waals surface area contributed by atoms with Crippen LogP contribution in [-0.2, 0) is 4.79 Å². The fraction of sp³-hybridized carbons (Fsp3) is 0.643. The van der Waals surface area contributed by atoms with Gasteiger partial charge in [0.25, 0.3) is 0 Å². The number of carbonyl (C=O) groups excluding carboxylic acids is 1. The van der Waals surface area contributed by atoms with E-state index in [-0.39, 0.29) is 5.91 Å². The first kappa shape index (κ1) is 16.0. The van der Waals surface area contributed by atoms with Gasteiger partial charge in [0.15, 0.2) is 5.16 Å². The summed E-state index contributed by atoms with van der Waals surface area (Å²) in [6.45, 7) is 3.00. The van der Waals surface area contributed by atoms with E-state index < -0.39 is 0 Å². The van der Waals surface area contributed by atoms with Gasteiger partial charge in [0.2, 0.25) is 5.91 Å². The number of nitrogens with one attached hydrogen (secondary N) is 1. The second-order valence-corrected chi connectivity index (χ2v) is 5.38. The minimum Gasteiger partial charge on any atom is -0.355 e. The minimum atomic E-state index is 0.0611. The summed E-state index contributed by atoms with van der Waals surface area (Å²) in [5, 5.41) is 3.58. The maximum atomic E-state index is 11.6. The van der Waals surface area contributed by atoms with Gasteiger partial charge < -0.3 is 5.32 Å². The van der Waals surface area contributed by atoms with Crippen LogP contribution in [0.25, 0.3) is 0 Å². The molecule has 0 atom stereocenters. The molecule has 0 saturated heterocycles. The summed E-state index contributed by atoms with van der Waals surface area (Å²) in [6.07, 6.45) is 10.8. The minimum absolute atomic E-state index is 0.0611. The molecule has 0 saturated carbocycles. The number of nitrogens with zero attached hydrogens (tertiary/aromatic N) is 2. The fourth-order valence-electron chi connectivity index (χ4n) is 1.67. The smallest absolute Gasteiger partial charge is 0.230 e. The molecule has 1 amide bonds. The van der Waals surface area contributed by atoms with E-state index in [9.17, 15) is 4.79 Å². The highest BCUT2D eigenvalue weighted by Gasteiger charge is 2.03. The Morgan fingerprint density at radius 3 is 2.58 bits per heavy atom. The molecule has 0 unspecified atom stereocenters. The molecule has 0 bridgehead atoms. The highest BCUT2D eigenvalue weighted by atomic mass is 32.2. The van der Waals surface area contributed by atoms with Crippen molar-refractivity contribution in [3.05, 3.63) is 18.5 Å². The third-order valence-electron chi connectivity index (χ3n) is 2.73. The van der Waals surface area contributed by atoms with Crippen LogP contribution in [0.2, 0.25) is 0 Å². The van der Waals surface area contributed by atoms with Gasteiger partial charge >= 0.3 is 0 Å². The fourth-order valence-corrected chi connectivity index (χ4v) is 2.31. The molecule has 0 radical (unpaired) electrons. The van der Waals surface area contributed by atoms with Crippen LogP contribution in [0, 0.1) is 0 Å². The monoisotopic (exact) mass is 281 g/mol. The Hall–Kier alpha value is -1.10. The maximum Gasteiger partial charge on any atom is 0.230 e. The Kier molecular flexibility index (Phi) is 9.06. The van der Waals surface area contributed by atoms with Crippen LogP contribution >= 0.6 is 11.8 Å². The van der Waals surface area contributed by atoms with Crippen LogP contribution in [0.4, 0.5) is 0 Å². The standard InChI is InChI=1S/C14H23N3OS/c1-2-3-4-5-6-7-9-15-13(18)12-19-14-16-10-8-11-17-14/h8,10-11H,2-7,9,12H2,1H3,(H,15,18). The number of hydrogen-bond acceptors (Lipinski definition) is 4. The normalized spacial score (nSPS) is 10.4. The molecule has 0 aromatic carbocycles. The summed E-state index contributed by atoms with van der Waals surface area (Å²) in [5.41, 5.74) is 0. The number of hydrogen-bond donors (Lipinski definition) is 1. The van der Waals surface area contributed by atoms with E-state index in [1.165, 1.54) is 43.9 Å². The van der Waals surface area contributed by atoms with E-state index in [1.54, 1.807) is 18.5 Å². The zero-order valence-corrected chi connectivity index (χ0v) is 12.4. The highest BCUT2D eigenvalue weighted by Crippen LogP contribution is 2.10. The molecule has 19 heavy (non-hydrogen) atoms. The van der Waals surface area contributed by atoms with Crippen molar-refractivity contribution in [3.63, 3.8) is 0 Å². The number of carbonyl (C=O) groups is 1. The van der Waals surface area contributed by atoms with Gasteiger partial charge in [-0.15, -0.1) is 0 Å². The van der Waals surface area contributed by atoms with Gasteiger partial charge in [-0.05, 0) is 12.5 Å². The molecule has 1 aromatic heterocycles. The van der Waals surface area contributed by atoms with Gasteiger partial charge in [-0.2, -0.15) is 0 Å². The zero-order valence-electron chi connectivity index (χ0n) is 11.6. The average Bonchev–Trinajstić information content (AvgIpc) is 2.45. The van der Waals surface area contributed by atoms with Crippen molar-refractivity contribution in [2.75, 3.05) is 12.3 Å². The lowest BCUT2D eigenvalue weighted by molar-refractivity contribution is -0.118. The first-order valence-electron chi connectivity index (χ1n) is 6.99. The molecule has 1 N–H and O–H groups in total. The Morgan fingerprint density at radius 2 is 1.84 bits per heavy atom. The zero-order chi connectivity index (χ0) is 13.8.